The Balaban J connectivity index is 0.00000192. The van der Waals surface area contributed by atoms with E-state index in [-0.39, 0.29) is 24.4 Å². The number of halogens is 1. The van der Waals surface area contributed by atoms with Crippen LogP contribution >= 0.6 is 12.4 Å². The molecule has 2 heterocycles. The van der Waals surface area contributed by atoms with E-state index in [0.717, 1.165) is 70.1 Å². The van der Waals surface area contributed by atoms with Crippen LogP contribution < -0.4 is 5.32 Å². The molecule has 0 aromatic rings. The van der Waals surface area contributed by atoms with Gasteiger partial charge in [0.15, 0.2) is 0 Å². The number of rotatable bonds is 4. The fourth-order valence-corrected chi connectivity index (χ4v) is 4.40. The van der Waals surface area contributed by atoms with E-state index in [1.807, 2.05) is 0 Å². The summed E-state index contributed by atoms with van der Waals surface area (Å²) in [6.07, 6.45) is 9.35. The number of carbonyl (C=O) groups excluding carboxylic acids is 1. The highest BCUT2D eigenvalue weighted by atomic mass is 35.5. The van der Waals surface area contributed by atoms with Gasteiger partial charge in [0.05, 0.1) is 6.10 Å². The summed E-state index contributed by atoms with van der Waals surface area (Å²) < 4.78 is 6.19. The number of nitrogens with zero attached hydrogens (tertiary/aromatic N) is 1. The van der Waals surface area contributed by atoms with E-state index in [1.165, 1.54) is 19.3 Å². The molecule has 5 heteroatoms. The normalized spacial score (nSPS) is 30.2. The van der Waals surface area contributed by atoms with Gasteiger partial charge in [-0.3, -0.25) is 4.79 Å². The van der Waals surface area contributed by atoms with Gasteiger partial charge in [-0.05, 0) is 57.0 Å². The molecule has 0 bridgehead atoms. The van der Waals surface area contributed by atoms with Crippen LogP contribution in [0, 0.1) is 11.8 Å². The van der Waals surface area contributed by atoms with Gasteiger partial charge in [0.25, 0.3) is 5.91 Å². The first-order valence-electron chi connectivity index (χ1n) is 9.43. The van der Waals surface area contributed by atoms with Crippen LogP contribution in [-0.2, 0) is 9.53 Å². The van der Waals surface area contributed by atoms with E-state index < -0.39 is 0 Å². The fraction of sp³-hybridized carbons (Fsp3) is 0.944. The van der Waals surface area contributed by atoms with Crippen molar-refractivity contribution in [1.82, 2.24) is 10.2 Å². The summed E-state index contributed by atoms with van der Waals surface area (Å²) in [5.41, 5.74) is 0. The summed E-state index contributed by atoms with van der Waals surface area (Å²) in [6.45, 7) is 6.21. The Kier molecular flexibility index (Phi) is 7.64. The second-order valence-electron chi connectivity index (χ2n) is 7.37. The Hall–Kier alpha value is -0.320. The van der Waals surface area contributed by atoms with Crippen molar-refractivity contribution in [2.24, 2.45) is 11.8 Å². The number of hydrogen-bond acceptors (Lipinski definition) is 3. The summed E-state index contributed by atoms with van der Waals surface area (Å²) >= 11 is 0. The monoisotopic (exact) mass is 344 g/mol. The van der Waals surface area contributed by atoms with Crippen molar-refractivity contribution in [3.63, 3.8) is 0 Å². The third kappa shape index (κ3) is 4.83. The summed E-state index contributed by atoms with van der Waals surface area (Å²) in [7, 11) is 0. The predicted octanol–water partition coefficient (Wildman–Crippen LogP) is 2.99. The molecule has 4 nitrogen and oxygen atoms in total. The second-order valence-corrected chi connectivity index (χ2v) is 7.37. The quantitative estimate of drug-likeness (QED) is 0.852. The van der Waals surface area contributed by atoms with Crippen LogP contribution in [0.15, 0.2) is 0 Å². The van der Waals surface area contributed by atoms with Crippen molar-refractivity contribution in [2.45, 2.75) is 70.5 Å². The Labute approximate surface area is 147 Å². The molecule has 0 aromatic heterocycles. The Morgan fingerprint density at radius 1 is 1.09 bits per heavy atom. The molecular formula is C18H33ClN2O2. The molecule has 1 amide bonds. The summed E-state index contributed by atoms with van der Waals surface area (Å²) in [5.74, 6) is 1.80. The van der Waals surface area contributed by atoms with Crippen molar-refractivity contribution in [3.05, 3.63) is 0 Å². The van der Waals surface area contributed by atoms with Gasteiger partial charge >= 0.3 is 0 Å². The Bertz CT molecular complexity index is 356. The number of fused-ring (bicyclic) bond motifs is 1. The zero-order valence-electron chi connectivity index (χ0n) is 14.5. The molecule has 3 rings (SSSR count). The van der Waals surface area contributed by atoms with E-state index in [4.69, 9.17) is 4.74 Å². The molecule has 134 valence electrons. The van der Waals surface area contributed by atoms with Crippen LogP contribution in [0.4, 0.5) is 0 Å². The van der Waals surface area contributed by atoms with Crippen molar-refractivity contribution >= 4 is 18.3 Å². The number of amides is 1. The minimum Gasteiger partial charge on any atom is -0.365 e. The molecule has 1 aliphatic carbocycles. The zero-order valence-corrected chi connectivity index (χ0v) is 15.3. The molecule has 2 aliphatic heterocycles. The largest absolute Gasteiger partial charge is 0.365 e. The number of likely N-dealkylation sites (tertiary alicyclic amines) is 1. The first-order chi connectivity index (χ1) is 10.8. The molecule has 23 heavy (non-hydrogen) atoms. The third-order valence-electron chi connectivity index (χ3n) is 5.89. The average molecular weight is 345 g/mol. The smallest absolute Gasteiger partial charge is 0.251 e. The molecule has 1 saturated carbocycles. The molecule has 1 unspecified atom stereocenters. The van der Waals surface area contributed by atoms with Crippen LogP contribution in [0.25, 0.3) is 0 Å². The highest BCUT2D eigenvalue weighted by Crippen LogP contribution is 2.28. The standard InChI is InChI=1S/C18H32N2O2.ClH/c1-2-17(22-16-6-4-3-5-7-16)18(21)20-10-8-14-12-19-13-15(14)9-11-20;/h14-17,19H,2-13H2,1H3;1H/t14-,15+,17?;. The van der Waals surface area contributed by atoms with E-state index in [9.17, 15) is 4.79 Å². The SMILES string of the molecule is CCC(OC1CCCCC1)C(=O)N1CC[C@@H]2CNC[C@@H]2CC1.Cl. The van der Waals surface area contributed by atoms with Gasteiger partial charge < -0.3 is 15.0 Å². The molecule has 3 aliphatic rings. The number of hydrogen-bond donors (Lipinski definition) is 1. The maximum absolute atomic E-state index is 12.9. The lowest BCUT2D eigenvalue weighted by Crippen LogP contribution is -2.42. The van der Waals surface area contributed by atoms with Gasteiger partial charge in [0.2, 0.25) is 0 Å². The molecule has 3 fully saturated rings. The van der Waals surface area contributed by atoms with Crippen LogP contribution in [0.5, 0.6) is 0 Å². The molecule has 2 saturated heterocycles. The van der Waals surface area contributed by atoms with Gasteiger partial charge in [-0.1, -0.05) is 26.2 Å². The van der Waals surface area contributed by atoms with Crippen molar-refractivity contribution in [1.29, 1.82) is 0 Å². The summed E-state index contributed by atoms with van der Waals surface area (Å²) in [4.78, 5) is 15.0. The van der Waals surface area contributed by atoms with Crippen LogP contribution in [0.2, 0.25) is 0 Å². The van der Waals surface area contributed by atoms with Crippen LogP contribution in [0.3, 0.4) is 0 Å². The van der Waals surface area contributed by atoms with E-state index in [0.29, 0.717) is 6.10 Å². The fourth-order valence-electron chi connectivity index (χ4n) is 4.40. The molecular weight excluding hydrogens is 312 g/mol. The maximum atomic E-state index is 12.9. The van der Waals surface area contributed by atoms with E-state index in [1.54, 1.807) is 0 Å². The summed E-state index contributed by atoms with van der Waals surface area (Å²) in [6, 6.07) is 0. The molecule has 0 spiro atoms. The lowest BCUT2D eigenvalue weighted by molar-refractivity contribution is -0.149. The van der Waals surface area contributed by atoms with Crippen LogP contribution in [0.1, 0.15) is 58.3 Å². The highest BCUT2D eigenvalue weighted by molar-refractivity contribution is 5.85. The van der Waals surface area contributed by atoms with E-state index >= 15 is 0 Å². The Morgan fingerprint density at radius 2 is 1.70 bits per heavy atom. The van der Waals surface area contributed by atoms with Gasteiger partial charge in [-0.2, -0.15) is 0 Å². The van der Waals surface area contributed by atoms with Gasteiger partial charge in [-0.15, -0.1) is 12.4 Å². The number of carbonyl (C=O) groups is 1. The third-order valence-corrected chi connectivity index (χ3v) is 5.89. The van der Waals surface area contributed by atoms with Crippen LogP contribution in [-0.4, -0.2) is 49.2 Å². The molecule has 0 radical (unpaired) electrons. The van der Waals surface area contributed by atoms with Crippen molar-refractivity contribution in [2.75, 3.05) is 26.2 Å². The minimum atomic E-state index is -0.209. The highest BCUT2D eigenvalue weighted by Gasteiger charge is 2.34. The lowest BCUT2D eigenvalue weighted by Gasteiger charge is -2.30. The second kappa shape index (κ2) is 9.24. The average Bonchev–Trinajstić information content (AvgIpc) is 2.91. The maximum Gasteiger partial charge on any atom is 0.251 e. The number of ether oxygens (including phenoxy) is 1. The van der Waals surface area contributed by atoms with Gasteiger partial charge in [-0.25, -0.2) is 0 Å². The van der Waals surface area contributed by atoms with Crippen molar-refractivity contribution in [3.8, 4) is 0 Å². The topological polar surface area (TPSA) is 41.6 Å². The molecule has 1 N–H and O–H groups in total. The first-order valence-corrected chi connectivity index (χ1v) is 9.43. The zero-order chi connectivity index (χ0) is 15.4. The van der Waals surface area contributed by atoms with Gasteiger partial charge in [0.1, 0.15) is 6.10 Å². The Morgan fingerprint density at radius 3 is 2.26 bits per heavy atom. The van der Waals surface area contributed by atoms with E-state index in [2.05, 4.69) is 17.1 Å². The lowest BCUT2D eigenvalue weighted by atomic mass is 9.92. The summed E-state index contributed by atoms with van der Waals surface area (Å²) in [5, 5.41) is 3.50. The number of nitrogens with one attached hydrogen (secondary N) is 1. The van der Waals surface area contributed by atoms with Crippen molar-refractivity contribution < 1.29 is 9.53 Å². The predicted molar refractivity (Wildman–Crippen MR) is 94.9 cm³/mol. The molecule has 0 aromatic carbocycles. The minimum absolute atomic E-state index is 0. The first kappa shape index (κ1) is 19.0. The van der Waals surface area contributed by atoms with Gasteiger partial charge in [0, 0.05) is 13.1 Å². The molecule has 3 atom stereocenters.